The van der Waals surface area contributed by atoms with E-state index in [9.17, 15) is 24.9 Å². The number of esters is 1. The van der Waals surface area contributed by atoms with Crippen molar-refractivity contribution in [3.05, 3.63) is 35.9 Å². The molecule has 1 aromatic carbocycles. The first-order chi connectivity index (χ1) is 10.9. The molecule has 23 heavy (non-hydrogen) atoms. The van der Waals surface area contributed by atoms with Gasteiger partial charge in [-0.1, -0.05) is 18.2 Å². The summed E-state index contributed by atoms with van der Waals surface area (Å²) in [5.41, 5.74) is 0.263. The number of nitrogens with one attached hydrogen (secondary N) is 1. The summed E-state index contributed by atoms with van der Waals surface area (Å²) in [4.78, 5) is 23.4. The third-order valence-electron chi connectivity index (χ3n) is 3.48. The first kappa shape index (κ1) is 17.4. The monoisotopic (exact) mass is 325 g/mol. The lowest BCUT2D eigenvalue weighted by atomic mass is 9.97. The SMILES string of the molecule is CC(=O)N[C@@H]1[C@@H](OC(=O)c2ccccc2)O[C@H](CO)[C@@H](O)[C@H]1O. The van der Waals surface area contributed by atoms with Gasteiger partial charge in [-0.15, -0.1) is 0 Å². The summed E-state index contributed by atoms with van der Waals surface area (Å²) < 4.78 is 10.5. The Labute approximate surface area is 132 Å². The van der Waals surface area contributed by atoms with Gasteiger partial charge >= 0.3 is 5.97 Å². The van der Waals surface area contributed by atoms with Crippen molar-refractivity contribution in [3.8, 4) is 0 Å². The van der Waals surface area contributed by atoms with Gasteiger partial charge in [0.25, 0.3) is 0 Å². The molecule has 1 fully saturated rings. The van der Waals surface area contributed by atoms with Crippen LogP contribution in [0.25, 0.3) is 0 Å². The molecule has 0 aliphatic carbocycles. The number of carbonyl (C=O) groups excluding carboxylic acids is 2. The van der Waals surface area contributed by atoms with Gasteiger partial charge in [-0.25, -0.2) is 4.79 Å². The van der Waals surface area contributed by atoms with Crippen LogP contribution < -0.4 is 5.32 Å². The number of aliphatic hydroxyl groups excluding tert-OH is 3. The summed E-state index contributed by atoms with van der Waals surface area (Å²) >= 11 is 0. The Hall–Kier alpha value is -2.00. The van der Waals surface area contributed by atoms with Crippen molar-refractivity contribution in [1.29, 1.82) is 0 Å². The molecular formula is C15H19NO7. The molecule has 1 saturated heterocycles. The normalized spacial score (nSPS) is 30.5. The maximum Gasteiger partial charge on any atom is 0.340 e. The van der Waals surface area contributed by atoms with E-state index in [1.165, 1.54) is 19.1 Å². The molecule has 1 aromatic rings. The average molecular weight is 325 g/mol. The Morgan fingerprint density at radius 1 is 1.22 bits per heavy atom. The summed E-state index contributed by atoms with van der Waals surface area (Å²) in [6, 6.07) is 6.95. The summed E-state index contributed by atoms with van der Waals surface area (Å²) in [7, 11) is 0. The predicted molar refractivity (Wildman–Crippen MR) is 77.2 cm³/mol. The van der Waals surface area contributed by atoms with E-state index in [0.29, 0.717) is 0 Å². The summed E-state index contributed by atoms with van der Waals surface area (Å²) in [5.74, 6) is -1.21. The van der Waals surface area contributed by atoms with Crippen LogP contribution in [0, 0.1) is 0 Å². The van der Waals surface area contributed by atoms with Crippen LogP contribution in [-0.4, -0.2) is 64.4 Å². The second-order valence-electron chi connectivity index (χ2n) is 5.20. The molecule has 8 nitrogen and oxygen atoms in total. The summed E-state index contributed by atoms with van der Waals surface area (Å²) in [6.07, 6.45) is -5.37. The topological polar surface area (TPSA) is 125 Å². The molecule has 5 atom stereocenters. The van der Waals surface area contributed by atoms with Crippen LogP contribution in [0.4, 0.5) is 0 Å². The van der Waals surface area contributed by atoms with E-state index >= 15 is 0 Å². The van der Waals surface area contributed by atoms with Crippen LogP contribution in [-0.2, 0) is 14.3 Å². The molecule has 2 rings (SSSR count). The highest BCUT2D eigenvalue weighted by molar-refractivity contribution is 5.89. The highest BCUT2D eigenvalue weighted by Gasteiger charge is 2.46. The Kier molecular flexibility index (Phi) is 5.67. The smallest absolute Gasteiger partial charge is 0.340 e. The van der Waals surface area contributed by atoms with E-state index < -0.39 is 49.1 Å². The Morgan fingerprint density at radius 2 is 1.87 bits per heavy atom. The molecule has 1 heterocycles. The van der Waals surface area contributed by atoms with Crippen LogP contribution in [0.15, 0.2) is 30.3 Å². The van der Waals surface area contributed by atoms with Crippen LogP contribution in [0.2, 0.25) is 0 Å². The van der Waals surface area contributed by atoms with Crippen molar-refractivity contribution in [2.45, 2.75) is 37.6 Å². The number of aliphatic hydroxyl groups is 3. The Morgan fingerprint density at radius 3 is 2.43 bits per heavy atom. The molecule has 0 aromatic heterocycles. The third kappa shape index (κ3) is 4.05. The zero-order chi connectivity index (χ0) is 17.0. The second-order valence-corrected chi connectivity index (χ2v) is 5.20. The van der Waals surface area contributed by atoms with Crippen molar-refractivity contribution in [1.82, 2.24) is 5.32 Å². The van der Waals surface area contributed by atoms with Crippen molar-refractivity contribution in [2.24, 2.45) is 0 Å². The fourth-order valence-electron chi connectivity index (χ4n) is 2.32. The maximum atomic E-state index is 12.1. The Balaban J connectivity index is 2.17. The third-order valence-corrected chi connectivity index (χ3v) is 3.48. The molecule has 0 radical (unpaired) electrons. The molecule has 0 saturated carbocycles. The standard InChI is InChI=1S/C15H19NO7/c1-8(18)16-11-13(20)12(19)10(7-17)22-15(11)23-14(21)9-5-3-2-4-6-9/h2-6,10-13,15,17,19-20H,7H2,1H3,(H,16,18)/t10-,11+,12-,13+,15-/m1/s1. The quantitative estimate of drug-likeness (QED) is 0.512. The van der Waals surface area contributed by atoms with E-state index in [0.717, 1.165) is 0 Å². The first-order valence-electron chi connectivity index (χ1n) is 7.09. The number of amides is 1. The van der Waals surface area contributed by atoms with Gasteiger partial charge in [0.15, 0.2) is 0 Å². The molecule has 0 unspecified atom stereocenters. The van der Waals surface area contributed by atoms with Gasteiger partial charge in [0.05, 0.1) is 12.2 Å². The zero-order valence-corrected chi connectivity index (χ0v) is 12.5. The number of benzene rings is 1. The lowest BCUT2D eigenvalue weighted by molar-refractivity contribution is -0.253. The number of rotatable bonds is 4. The minimum Gasteiger partial charge on any atom is -0.430 e. The Bertz CT molecular complexity index is 550. The highest BCUT2D eigenvalue weighted by Crippen LogP contribution is 2.23. The molecule has 4 N–H and O–H groups in total. The van der Waals surface area contributed by atoms with Gasteiger partial charge < -0.3 is 30.1 Å². The van der Waals surface area contributed by atoms with E-state index in [1.807, 2.05) is 0 Å². The van der Waals surface area contributed by atoms with Crippen LogP contribution in [0.1, 0.15) is 17.3 Å². The van der Waals surface area contributed by atoms with Crippen molar-refractivity contribution in [3.63, 3.8) is 0 Å². The molecule has 1 aliphatic rings. The fourth-order valence-corrected chi connectivity index (χ4v) is 2.32. The van der Waals surface area contributed by atoms with Gasteiger partial charge in [0, 0.05) is 6.92 Å². The van der Waals surface area contributed by atoms with E-state index in [1.54, 1.807) is 18.2 Å². The molecule has 8 heteroatoms. The van der Waals surface area contributed by atoms with Gasteiger partial charge in [-0.2, -0.15) is 0 Å². The van der Waals surface area contributed by atoms with Gasteiger partial charge in [0.1, 0.15) is 24.4 Å². The lowest BCUT2D eigenvalue weighted by Gasteiger charge is -2.41. The average Bonchev–Trinajstić information content (AvgIpc) is 2.54. The number of ether oxygens (including phenoxy) is 2. The minimum absolute atomic E-state index is 0.263. The molecular weight excluding hydrogens is 306 g/mol. The molecule has 1 amide bonds. The fraction of sp³-hybridized carbons (Fsp3) is 0.467. The summed E-state index contributed by atoms with van der Waals surface area (Å²) in [6.45, 7) is 0.637. The molecule has 0 spiro atoms. The van der Waals surface area contributed by atoms with Crippen LogP contribution in [0.5, 0.6) is 0 Å². The molecule has 0 bridgehead atoms. The first-order valence-corrected chi connectivity index (χ1v) is 7.09. The number of carbonyl (C=O) groups is 2. The van der Waals surface area contributed by atoms with Crippen LogP contribution in [0.3, 0.4) is 0 Å². The van der Waals surface area contributed by atoms with Gasteiger partial charge in [-0.3, -0.25) is 4.79 Å². The molecule has 1 aliphatic heterocycles. The maximum absolute atomic E-state index is 12.1. The molecule has 126 valence electrons. The number of hydrogen-bond donors (Lipinski definition) is 4. The largest absolute Gasteiger partial charge is 0.430 e. The minimum atomic E-state index is -1.46. The van der Waals surface area contributed by atoms with E-state index in [2.05, 4.69) is 5.32 Å². The van der Waals surface area contributed by atoms with E-state index in [4.69, 9.17) is 9.47 Å². The highest BCUT2D eigenvalue weighted by atomic mass is 16.7. The van der Waals surface area contributed by atoms with Crippen molar-refractivity contribution >= 4 is 11.9 Å². The van der Waals surface area contributed by atoms with Crippen molar-refractivity contribution < 1.29 is 34.4 Å². The van der Waals surface area contributed by atoms with Crippen LogP contribution >= 0.6 is 0 Å². The van der Waals surface area contributed by atoms with Crippen molar-refractivity contribution in [2.75, 3.05) is 6.61 Å². The predicted octanol–water partition coefficient (Wildman–Crippen LogP) is -1.21. The number of hydrogen-bond acceptors (Lipinski definition) is 7. The van der Waals surface area contributed by atoms with Gasteiger partial charge in [0.2, 0.25) is 12.2 Å². The summed E-state index contributed by atoms with van der Waals surface area (Å²) in [5, 5.41) is 31.5. The lowest BCUT2D eigenvalue weighted by Crippen LogP contribution is -2.64. The zero-order valence-electron chi connectivity index (χ0n) is 12.5. The second kappa shape index (κ2) is 7.51. The van der Waals surface area contributed by atoms with Gasteiger partial charge in [-0.05, 0) is 12.1 Å². The van der Waals surface area contributed by atoms with E-state index in [-0.39, 0.29) is 5.56 Å².